The molecule has 0 atom stereocenters. The van der Waals surface area contributed by atoms with Gasteiger partial charge in [-0.15, -0.1) is 0 Å². The molecule has 1 heterocycles. The molecule has 1 aliphatic heterocycles. The van der Waals surface area contributed by atoms with E-state index < -0.39 is 23.9 Å². The fourth-order valence-electron chi connectivity index (χ4n) is 1.56. The van der Waals surface area contributed by atoms with Crippen LogP contribution in [0.15, 0.2) is 28.4 Å². The topological polar surface area (TPSA) is 100.0 Å². The first-order chi connectivity index (χ1) is 8.97. The van der Waals surface area contributed by atoms with Crippen molar-refractivity contribution >= 4 is 23.5 Å². The number of hydrogen-bond acceptors (Lipinski definition) is 5. The van der Waals surface area contributed by atoms with E-state index in [-0.39, 0.29) is 0 Å². The van der Waals surface area contributed by atoms with Gasteiger partial charge in [-0.2, -0.15) is 10.2 Å². The highest BCUT2D eigenvalue weighted by Crippen LogP contribution is 2.20. The van der Waals surface area contributed by atoms with E-state index in [0.29, 0.717) is 5.69 Å². The van der Waals surface area contributed by atoms with Gasteiger partial charge in [0, 0.05) is 0 Å². The number of nitrogens with one attached hydrogen (secondary N) is 2. The molecule has 19 heavy (non-hydrogen) atoms. The van der Waals surface area contributed by atoms with Crippen LogP contribution in [0, 0.1) is 13.8 Å². The lowest BCUT2D eigenvalue weighted by Gasteiger charge is -2.16. The number of nitrogens with zero attached hydrogens (tertiary/aromatic N) is 2. The number of rotatable bonds is 2. The van der Waals surface area contributed by atoms with Gasteiger partial charge in [-0.3, -0.25) is 20.2 Å². The van der Waals surface area contributed by atoms with E-state index in [4.69, 9.17) is 0 Å². The zero-order valence-corrected chi connectivity index (χ0v) is 10.4. The fraction of sp³-hybridized carbons (Fsp3) is 0.250. The van der Waals surface area contributed by atoms with Crippen LogP contribution in [0.2, 0.25) is 0 Å². The van der Waals surface area contributed by atoms with Gasteiger partial charge in [0.2, 0.25) is 6.04 Å². The Morgan fingerprint density at radius 3 is 2.32 bits per heavy atom. The molecule has 1 aromatic rings. The normalized spacial score (nSPS) is 16.6. The van der Waals surface area contributed by atoms with Crippen LogP contribution in [0.4, 0.5) is 10.5 Å². The third-order valence-corrected chi connectivity index (χ3v) is 2.62. The van der Waals surface area contributed by atoms with Crippen LogP contribution >= 0.6 is 0 Å². The van der Waals surface area contributed by atoms with Crippen molar-refractivity contribution in [2.75, 3.05) is 0 Å². The lowest BCUT2D eigenvalue weighted by molar-refractivity contribution is -0.131. The molecular weight excluding hydrogens is 248 g/mol. The van der Waals surface area contributed by atoms with Crippen LogP contribution in [0.1, 0.15) is 11.1 Å². The summed E-state index contributed by atoms with van der Waals surface area (Å²) in [5, 5.41) is 11.5. The molecule has 2 N–H and O–H groups in total. The Kier molecular flexibility index (Phi) is 3.37. The fourth-order valence-corrected chi connectivity index (χ4v) is 1.56. The Hall–Kier alpha value is -2.57. The summed E-state index contributed by atoms with van der Waals surface area (Å²) in [5.74, 6) is -1.55. The summed E-state index contributed by atoms with van der Waals surface area (Å²) in [5.41, 5.74) is 2.45. The second kappa shape index (κ2) is 4.97. The van der Waals surface area contributed by atoms with Gasteiger partial charge in [-0.25, -0.2) is 4.79 Å². The summed E-state index contributed by atoms with van der Waals surface area (Å²) >= 11 is 0. The second-order valence-electron chi connectivity index (χ2n) is 4.22. The van der Waals surface area contributed by atoms with Crippen molar-refractivity contribution in [3.63, 3.8) is 0 Å². The molecule has 0 saturated carbocycles. The molecule has 1 aromatic carbocycles. The lowest BCUT2D eigenvalue weighted by Crippen LogP contribution is -2.57. The average Bonchev–Trinajstić information content (AvgIpc) is 2.32. The van der Waals surface area contributed by atoms with E-state index in [1.165, 1.54) is 0 Å². The van der Waals surface area contributed by atoms with Crippen LogP contribution in [0.5, 0.6) is 0 Å². The maximum Gasteiger partial charge on any atom is 0.328 e. The van der Waals surface area contributed by atoms with Gasteiger partial charge in [0.05, 0.1) is 5.69 Å². The number of urea groups is 1. The molecule has 0 unspecified atom stereocenters. The zero-order valence-electron chi connectivity index (χ0n) is 10.4. The number of hydrogen-bond donors (Lipinski definition) is 2. The van der Waals surface area contributed by atoms with Crippen molar-refractivity contribution in [3.8, 4) is 0 Å². The molecule has 2 rings (SSSR count). The SMILES string of the molecule is Cc1ccc(C)c(N=NC2C(=O)NC(=O)NC2=O)c1. The Morgan fingerprint density at radius 2 is 1.68 bits per heavy atom. The third-order valence-electron chi connectivity index (χ3n) is 2.62. The molecule has 4 amide bonds. The van der Waals surface area contributed by atoms with Crippen LogP contribution in [-0.2, 0) is 9.59 Å². The van der Waals surface area contributed by atoms with Crippen LogP contribution in [-0.4, -0.2) is 23.9 Å². The first kappa shape index (κ1) is 12.9. The Bertz CT molecular complexity index is 575. The number of aryl methyl sites for hydroxylation is 2. The van der Waals surface area contributed by atoms with Gasteiger partial charge in [-0.1, -0.05) is 12.1 Å². The number of imide groups is 2. The largest absolute Gasteiger partial charge is 0.328 e. The van der Waals surface area contributed by atoms with Gasteiger partial charge < -0.3 is 0 Å². The predicted molar refractivity (Wildman–Crippen MR) is 65.9 cm³/mol. The quantitative estimate of drug-likeness (QED) is 0.615. The standard InChI is InChI=1S/C12H12N4O3/c1-6-3-4-7(2)8(5-6)15-16-9-10(17)13-12(19)14-11(9)18/h3-5,9H,1-2H3,(H2,13,14,17,18,19). The summed E-state index contributed by atoms with van der Waals surface area (Å²) < 4.78 is 0. The molecule has 7 nitrogen and oxygen atoms in total. The number of benzene rings is 1. The van der Waals surface area contributed by atoms with E-state index in [0.717, 1.165) is 11.1 Å². The van der Waals surface area contributed by atoms with Gasteiger partial charge in [0.1, 0.15) is 0 Å². The van der Waals surface area contributed by atoms with Crippen LogP contribution in [0.25, 0.3) is 0 Å². The molecule has 1 saturated heterocycles. The summed E-state index contributed by atoms with van der Waals surface area (Å²) in [6.07, 6.45) is 0. The first-order valence-electron chi connectivity index (χ1n) is 5.61. The Balaban J connectivity index is 2.22. The third kappa shape index (κ3) is 2.82. The van der Waals surface area contributed by atoms with Crippen molar-refractivity contribution in [2.45, 2.75) is 19.9 Å². The molecule has 0 radical (unpaired) electrons. The summed E-state index contributed by atoms with van der Waals surface area (Å²) in [7, 11) is 0. The Labute approximate surface area is 109 Å². The monoisotopic (exact) mass is 260 g/mol. The minimum absolute atomic E-state index is 0.581. The van der Waals surface area contributed by atoms with E-state index in [2.05, 4.69) is 10.2 Å². The second-order valence-corrected chi connectivity index (χ2v) is 4.22. The number of carbonyl (C=O) groups is 3. The molecule has 0 bridgehead atoms. The summed E-state index contributed by atoms with van der Waals surface area (Å²) in [6, 6.07) is 3.41. The van der Waals surface area contributed by atoms with Gasteiger partial charge >= 0.3 is 6.03 Å². The molecule has 98 valence electrons. The molecule has 0 spiro atoms. The van der Waals surface area contributed by atoms with Gasteiger partial charge in [0.15, 0.2) is 0 Å². The van der Waals surface area contributed by atoms with Crippen molar-refractivity contribution in [1.29, 1.82) is 0 Å². The Morgan fingerprint density at radius 1 is 1.05 bits per heavy atom. The van der Waals surface area contributed by atoms with E-state index >= 15 is 0 Å². The minimum Gasteiger partial charge on any atom is -0.275 e. The lowest BCUT2D eigenvalue weighted by atomic mass is 10.1. The predicted octanol–water partition coefficient (Wildman–Crippen LogP) is 1.12. The van der Waals surface area contributed by atoms with Crippen LogP contribution in [0.3, 0.4) is 0 Å². The smallest absolute Gasteiger partial charge is 0.275 e. The van der Waals surface area contributed by atoms with Crippen molar-refractivity contribution in [1.82, 2.24) is 10.6 Å². The molecule has 1 aliphatic rings. The number of barbiturate groups is 1. The van der Waals surface area contributed by atoms with E-state index in [1.54, 1.807) is 6.07 Å². The van der Waals surface area contributed by atoms with Crippen molar-refractivity contribution in [2.24, 2.45) is 10.2 Å². The summed E-state index contributed by atoms with van der Waals surface area (Å²) in [6.45, 7) is 3.75. The molecule has 0 aliphatic carbocycles. The minimum atomic E-state index is -1.34. The van der Waals surface area contributed by atoms with E-state index in [9.17, 15) is 14.4 Å². The first-order valence-corrected chi connectivity index (χ1v) is 5.61. The highest BCUT2D eigenvalue weighted by Gasteiger charge is 2.34. The molecule has 0 aromatic heterocycles. The molecule has 7 heteroatoms. The maximum absolute atomic E-state index is 11.4. The number of azo groups is 1. The average molecular weight is 260 g/mol. The van der Waals surface area contributed by atoms with Gasteiger partial charge in [0.25, 0.3) is 11.8 Å². The maximum atomic E-state index is 11.4. The summed E-state index contributed by atoms with van der Waals surface area (Å²) in [4.78, 5) is 33.7. The van der Waals surface area contributed by atoms with E-state index in [1.807, 2.05) is 36.6 Å². The van der Waals surface area contributed by atoms with Crippen molar-refractivity contribution < 1.29 is 14.4 Å². The van der Waals surface area contributed by atoms with Crippen molar-refractivity contribution in [3.05, 3.63) is 29.3 Å². The number of amides is 4. The molecular formula is C12H12N4O3. The van der Waals surface area contributed by atoms with Crippen LogP contribution < -0.4 is 10.6 Å². The van der Waals surface area contributed by atoms with Gasteiger partial charge in [-0.05, 0) is 31.0 Å². The number of carbonyl (C=O) groups excluding carboxylic acids is 3. The highest BCUT2D eigenvalue weighted by molar-refractivity contribution is 6.18. The zero-order chi connectivity index (χ0) is 14.0. The highest BCUT2D eigenvalue weighted by atomic mass is 16.2. The molecule has 1 fully saturated rings.